The molecule has 0 aromatic heterocycles. The number of ether oxygens (including phenoxy) is 1. The number of aliphatic imine (C=N–C) groups is 1. The maximum atomic E-state index is 11.8. The second-order valence-corrected chi connectivity index (χ2v) is 6.43. The summed E-state index contributed by atoms with van der Waals surface area (Å²) in [6.45, 7) is 0.395. The molecule has 10 heteroatoms. The minimum Gasteiger partial charge on any atom is -0.493 e. The van der Waals surface area contributed by atoms with Gasteiger partial charge in [-0.05, 0) is 24.3 Å². The van der Waals surface area contributed by atoms with Gasteiger partial charge in [0.15, 0.2) is 5.96 Å². The topological polar surface area (TPSA) is 145 Å². The highest BCUT2D eigenvalue weighted by Gasteiger charge is 2.15. The van der Waals surface area contributed by atoms with E-state index in [1.807, 2.05) is 0 Å². The van der Waals surface area contributed by atoms with E-state index in [4.69, 9.17) is 32.4 Å². The normalized spacial score (nSPS) is 13.3. The van der Waals surface area contributed by atoms with Crippen LogP contribution in [0.15, 0.2) is 28.8 Å². The van der Waals surface area contributed by atoms with Crippen LogP contribution in [-0.2, 0) is 14.9 Å². The number of guanidine groups is 1. The van der Waals surface area contributed by atoms with Crippen molar-refractivity contribution in [3.05, 3.63) is 34.4 Å². The van der Waals surface area contributed by atoms with Crippen LogP contribution in [0.25, 0.3) is 6.08 Å². The molecule has 126 valence electrons. The summed E-state index contributed by atoms with van der Waals surface area (Å²) in [6, 6.07) is 5.23. The third-order valence-electron chi connectivity index (χ3n) is 2.44. The second-order valence-electron chi connectivity index (χ2n) is 4.53. The number of halogens is 1. The summed E-state index contributed by atoms with van der Waals surface area (Å²) in [6.07, 6.45) is 2.86. The molecule has 1 aromatic carbocycles. The maximum absolute atomic E-state index is 11.8. The fourth-order valence-electron chi connectivity index (χ4n) is 1.65. The van der Waals surface area contributed by atoms with E-state index in [9.17, 15) is 13.2 Å². The summed E-state index contributed by atoms with van der Waals surface area (Å²) in [7, 11) is -3.67. The van der Waals surface area contributed by atoms with Crippen LogP contribution >= 0.6 is 11.6 Å². The van der Waals surface area contributed by atoms with Gasteiger partial charge in [0.25, 0.3) is 16.0 Å². The average molecular weight is 362 g/mol. The number of benzene rings is 1. The lowest BCUT2D eigenvalue weighted by atomic mass is 10.1. The first-order valence-corrected chi connectivity index (χ1v) is 8.48. The summed E-state index contributed by atoms with van der Waals surface area (Å²) < 4.78 is 31.4. The Morgan fingerprint density at radius 2 is 2.00 bits per heavy atom. The summed E-state index contributed by atoms with van der Waals surface area (Å²) in [5, 5.41) is 0.573. The van der Waals surface area contributed by atoms with Crippen molar-refractivity contribution in [1.29, 1.82) is 0 Å². The molecule has 0 aliphatic carbocycles. The summed E-state index contributed by atoms with van der Waals surface area (Å²) in [5.41, 5.74) is 11.6. The van der Waals surface area contributed by atoms with Crippen molar-refractivity contribution in [3.63, 3.8) is 0 Å². The first-order valence-electron chi connectivity index (χ1n) is 6.25. The van der Waals surface area contributed by atoms with Crippen LogP contribution in [-0.4, -0.2) is 37.7 Å². The molecule has 1 aliphatic rings. The zero-order valence-electron chi connectivity index (χ0n) is 12.2. The summed E-state index contributed by atoms with van der Waals surface area (Å²) in [4.78, 5) is 15.3. The number of amides is 1. The molecule has 5 N–H and O–H groups in total. The largest absolute Gasteiger partial charge is 0.493 e. The van der Waals surface area contributed by atoms with Crippen LogP contribution in [0.5, 0.6) is 5.75 Å². The van der Waals surface area contributed by atoms with E-state index in [1.165, 1.54) is 0 Å². The van der Waals surface area contributed by atoms with Gasteiger partial charge in [0.2, 0.25) is 0 Å². The molecular formula is C13H16ClN3O5S. The van der Waals surface area contributed by atoms with Crippen LogP contribution in [0.3, 0.4) is 0 Å². The molecular weight excluding hydrogens is 346 g/mol. The number of nitrogens with zero attached hydrogens (tertiary/aromatic N) is 1. The zero-order valence-corrected chi connectivity index (χ0v) is 13.8. The highest BCUT2D eigenvalue weighted by atomic mass is 35.5. The van der Waals surface area contributed by atoms with Gasteiger partial charge in [-0.25, -0.2) is 0 Å². The molecule has 2 rings (SSSR count). The molecule has 1 heterocycles. The molecule has 0 fully saturated rings. The Kier molecular flexibility index (Phi) is 6.55. The number of fused-ring (bicyclic) bond motifs is 1. The molecule has 1 aliphatic heterocycles. The summed E-state index contributed by atoms with van der Waals surface area (Å²) >= 11 is 5.90. The third-order valence-corrected chi connectivity index (χ3v) is 2.67. The first-order chi connectivity index (χ1) is 10.6. The van der Waals surface area contributed by atoms with Crippen molar-refractivity contribution in [1.82, 2.24) is 0 Å². The van der Waals surface area contributed by atoms with Crippen LogP contribution in [0.1, 0.15) is 12.0 Å². The molecule has 0 unspecified atom stereocenters. The van der Waals surface area contributed by atoms with Gasteiger partial charge in [-0.1, -0.05) is 11.6 Å². The van der Waals surface area contributed by atoms with Crippen molar-refractivity contribution in [2.45, 2.75) is 6.42 Å². The molecule has 23 heavy (non-hydrogen) atoms. The lowest BCUT2D eigenvalue weighted by molar-refractivity contribution is -0.114. The number of hydrogen-bond acceptors (Lipinski definition) is 4. The molecule has 0 radical (unpaired) electrons. The van der Waals surface area contributed by atoms with E-state index in [0.717, 1.165) is 5.56 Å². The van der Waals surface area contributed by atoms with Crippen molar-refractivity contribution < 1.29 is 22.5 Å². The van der Waals surface area contributed by atoms with E-state index in [1.54, 1.807) is 24.3 Å². The van der Waals surface area contributed by atoms with Gasteiger partial charge in [0, 0.05) is 22.6 Å². The predicted molar refractivity (Wildman–Crippen MR) is 87.8 cm³/mol. The minimum atomic E-state index is -3.67. The van der Waals surface area contributed by atoms with Gasteiger partial charge in [0.05, 0.1) is 12.9 Å². The first kappa shape index (κ1) is 18.9. The van der Waals surface area contributed by atoms with Crippen molar-refractivity contribution in [3.8, 4) is 5.75 Å². The van der Waals surface area contributed by atoms with Gasteiger partial charge >= 0.3 is 0 Å². The molecule has 0 saturated heterocycles. The SMILES string of the molecule is CS(=O)(=O)O.NC(N)=NC(=O)C1=Cc2cc(Cl)ccc2OCC1. The Balaban J connectivity index is 0.000000463. The Hall–Kier alpha value is -2.10. The Morgan fingerprint density at radius 1 is 1.39 bits per heavy atom. The smallest absolute Gasteiger partial charge is 0.276 e. The summed E-state index contributed by atoms with van der Waals surface area (Å²) in [5.74, 6) is -0.0179. The minimum absolute atomic E-state index is 0.252. The van der Waals surface area contributed by atoms with Crippen molar-refractivity contribution in [2.75, 3.05) is 12.9 Å². The molecule has 1 amide bonds. The molecule has 1 aromatic rings. The van der Waals surface area contributed by atoms with Crippen molar-refractivity contribution in [2.24, 2.45) is 16.5 Å². The highest BCUT2D eigenvalue weighted by molar-refractivity contribution is 7.85. The molecule has 0 spiro atoms. The van der Waals surface area contributed by atoms with Crippen LogP contribution < -0.4 is 16.2 Å². The number of rotatable bonds is 1. The second kappa shape index (κ2) is 7.95. The van der Waals surface area contributed by atoms with Crippen LogP contribution in [0.2, 0.25) is 5.02 Å². The van der Waals surface area contributed by atoms with E-state index >= 15 is 0 Å². The predicted octanol–water partition coefficient (Wildman–Crippen LogP) is 0.810. The molecule has 0 atom stereocenters. The van der Waals surface area contributed by atoms with Crippen molar-refractivity contribution >= 4 is 39.7 Å². The van der Waals surface area contributed by atoms with Gasteiger partial charge in [-0.2, -0.15) is 13.4 Å². The lowest BCUT2D eigenvalue weighted by Crippen LogP contribution is -2.24. The Morgan fingerprint density at radius 3 is 2.57 bits per heavy atom. The molecule has 8 nitrogen and oxygen atoms in total. The Labute approximate surface area is 138 Å². The van der Waals surface area contributed by atoms with Gasteiger partial charge < -0.3 is 16.2 Å². The number of carbonyl (C=O) groups excluding carboxylic acids is 1. The standard InChI is InChI=1S/C12H12ClN3O2.CH4O3S/c13-9-1-2-10-8(6-9)5-7(3-4-18-10)11(17)16-12(14)15;1-5(2,3)4/h1-2,5-6H,3-4H2,(H4,14,15,16,17);1H3,(H,2,3,4). The third kappa shape index (κ3) is 7.63. The van der Waals surface area contributed by atoms with Crippen LogP contribution in [0.4, 0.5) is 0 Å². The Bertz CT molecular complexity index is 747. The molecule has 0 saturated carbocycles. The average Bonchev–Trinajstić information content (AvgIpc) is 2.57. The lowest BCUT2D eigenvalue weighted by Gasteiger charge is -2.05. The van der Waals surface area contributed by atoms with E-state index in [-0.39, 0.29) is 5.96 Å². The zero-order chi connectivity index (χ0) is 17.6. The van der Waals surface area contributed by atoms with E-state index < -0.39 is 16.0 Å². The van der Waals surface area contributed by atoms with Crippen LogP contribution in [0, 0.1) is 0 Å². The quantitative estimate of drug-likeness (QED) is 0.381. The number of hydrogen-bond donors (Lipinski definition) is 3. The van der Waals surface area contributed by atoms with Gasteiger partial charge in [-0.15, -0.1) is 0 Å². The van der Waals surface area contributed by atoms with E-state index in [2.05, 4.69) is 4.99 Å². The van der Waals surface area contributed by atoms with Gasteiger partial charge in [-0.3, -0.25) is 9.35 Å². The highest BCUT2D eigenvalue weighted by Crippen LogP contribution is 2.28. The monoisotopic (exact) mass is 361 g/mol. The number of nitrogens with two attached hydrogens (primary N) is 2. The fraction of sp³-hybridized carbons (Fsp3) is 0.231. The number of carbonyl (C=O) groups is 1. The fourth-order valence-corrected chi connectivity index (χ4v) is 1.83. The van der Waals surface area contributed by atoms with Gasteiger partial charge in [0.1, 0.15) is 5.75 Å². The molecule has 0 bridgehead atoms. The maximum Gasteiger partial charge on any atom is 0.276 e. The van der Waals surface area contributed by atoms with E-state index in [0.29, 0.717) is 35.6 Å².